The Morgan fingerprint density at radius 1 is 1.32 bits per heavy atom. The van der Waals surface area contributed by atoms with Crippen molar-refractivity contribution < 1.29 is 14.7 Å². The molecule has 0 aliphatic heterocycles. The Hall–Kier alpha value is -1.36. The van der Waals surface area contributed by atoms with E-state index in [9.17, 15) is 9.59 Å². The fourth-order valence-electron chi connectivity index (χ4n) is 1.84. The molecule has 5 heteroatoms. The van der Waals surface area contributed by atoms with Gasteiger partial charge in [0.15, 0.2) is 0 Å². The number of anilines is 1. The van der Waals surface area contributed by atoms with Crippen molar-refractivity contribution in [1.82, 2.24) is 0 Å². The molecule has 1 amide bonds. The van der Waals surface area contributed by atoms with E-state index in [1.54, 1.807) is 13.8 Å². The molecule has 19 heavy (non-hydrogen) atoms. The minimum Gasteiger partial charge on any atom is -0.481 e. The van der Waals surface area contributed by atoms with Crippen molar-refractivity contribution in [3.05, 3.63) is 28.2 Å². The first-order valence-electron chi connectivity index (χ1n) is 5.98. The van der Waals surface area contributed by atoms with Gasteiger partial charge in [-0.05, 0) is 30.0 Å². The highest BCUT2D eigenvalue weighted by Crippen LogP contribution is 2.27. The molecule has 0 aliphatic carbocycles. The van der Waals surface area contributed by atoms with Crippen LogP contribution in [0.2, 0.25) is 0 Å². The quantitative estimate of drug-likeness (QED) is 0.868. The summed E-state index contributed by atoms with van der Waals surface area (Å²) in [6, 6.07) is 5.57. The lowest BCUT2D eigenvalue weighted by molar-refractivity contribution is -0.139. The van der Waals surface area contributed by atoms with Crippen LogP contribution in [0, 0.1) is 12.3 Å². The van der Waals surface area contributed by atoms with Crippen LogP contribution in [0.1, 0.15) is 32.3 Å². The molecule has 0 radical (unpaired) electrons. The molecule has 0 aromatic heterocycles. The van der Waals surface area contributed by atoms with Gasteiger partial charge in [0.1, 0.15) is 0 Å². The summed E-state index contributed by atoms with van der Waals surface area (Å²) in [7, 11) is 0. The Morgan fingerprint density at radius 3 is 2.53 bits per heavy atom. The highest BCUT2D eigenvalue weighted by Gasteiger charge is 2.25. The van der Waals surface area contributed by atoms with Crippen molar-refractivity contribution in [3.63, 3.8) is 0 Å². The molecule has 0 saturated heterocycles. The van der Waals surface area contributed by atoms with Crippen molar-refractivity contribution in [2.24, 2.45) is 5.41 Å². The van der Waals surface area contributed by atoms with Crippen LogP contribution < -0.4 is 5.32 Å². The fourth-order valence-corrected chi connectivity index (χ4v) is 2.21. The zero-order valence-corrected chi connectivity index (χ0v) is 12.9. The summed E-state index contributed by atoms with van der Waals surface area (Å²) in [6.07, 6.45) is 0.142. The maximum absolute atomic E-state index is 12.0. The second-order valence-corrected chi connectivity index (χ2v) is 6.23. The van der Waals surface area contributed by atoms with E-state index in [4.69, 9.17) is 5.11 Å². The average molecular weight is 328 g/mol. The third-order valence-corrected chi connectivity index (χ3v) is 3.67. The number of benzene rings is 1. The van der Waals surface area contributed by atoms with E-state index in [0.717, 1.165) is 15.7 Å². The van der Waals surface area contributed by atoms with Crippen LogP contribution in [0.4, 0.5) is 5.69 Å². The molecule has 0 unspecified atom stereocenters. The molecule has 1 rings (SSSR count). The second kappa shape index (κ2) is 6.19. The van der Waals surface area contributed by atoms with Crippen molar-refractivity contribution in [1.29, 1.82) is 0 Å². The first-order valence-corrected chi connectivity index (χ1v) is 6.77. The first kappa shape index (κ1) is 15.7. The van der Waals surface area contributed by atoms with E-state index in [1.807, 2.05) is 25.1 Å². The molecule has 104 valence electrons. The van der Waals surface area contributed by atoms with Gasteiger partial charge in [0, 0.05) is 16.6 Å². The molecular formula is C14H18BrNO3. The van der Waals surface area contributed by atoms with Gasteiger partial charge in [0.05, 0.1) is 6.42 Å². The summed E-state index contributed by atoms with van der Waals surface area (Å²) in [5, 5.41) is 11.6. The van der Waals surface area contributed by atoms with Crippen LogP contribution in [-0.2, 0) is 9.59 Å². The molecule has 0 aliphatic rings. The lowest BCUT2D eigenvalue weighted by atomic mass is 9.85. The monoisotopic (exact) mass is 327 g/mol. The molecule has 0 fully saturated rings. The third-order valence-electron chi connectivity index (χ3n) is 2.81. The lowest BCUT2D eigenvalue weighted by Gasteiger charge is -2.21. The number of carbonyl (C=O) groups is 2. The normalized spacial score (nSPS) is 11.2. The van der Waals surface area contributed by atoms with E-state index >= 15 is 0 Å². The zero-order valence-electron chi connectivity index (χ0n) is 11.3. The van der Waals surface area contributed by atoms with E-state index in [-0.39, 0.29) is 18.7 Å². The Kier molecular flexibility index (Phi) is 5.11. The molecule has 4 nitrogen and oxygen atoms in total. The molecule has 1 aromatic carbocycles. The van der Waals surface area contributed by atoms with Crippen LogP contribution in [0.5, 0.6) is 0 Å². The number of carboxylic acid groups (broad SMARTS) is 1. The summed E-state index contributed by atoms with van der Waals surface area (Å²) >= 11 is 3.40. The molecule has 2 N–H and O–H groups in total. The molecule has 0 heterocycles. The summed E-state index contributed by atoms with van der Waals surface area (Å²) in [5.74, 6) is -1.07. The predicted octanol–water partition coefficient (Wildman–Crippen LogP) is 3.59. The molecule has 1 aromatic rings. The van der Waals surface area contributed by atoms with Crippen molar-refractivity contribution in [2.75, 3.05) is 5.32 Å². The summed E-state index contributed by atoms with van der Waals surface area (Å²) in [6.45, 7) is 5.45. The number of halogens is 1. The van der Waals surface area contributed by atoms with Crippen molar-refractivity contribution in [2.45, 2.75) is 33.6 Å². The number of carboxylic acids is 1. The summed E-state index contributed by atoms with van der Waals surface area (Å²) in [4.78, 5) is 22.7. The van der Waals surface area contributed by atoms with Gasteiger partial charge >= 0.3 is 5.97 Å². The fraction of sp³-hybridized carbons (Fsp3) is 0.429. The Balaban J connectivity index is 2.70. The Morgan fingerprint density at radius 2 is 1.95 bits per heavy atom. The van der Waals surface area contributed by atoms with Gasteiger partial charge in [-0.25, -0.2) is 0 Å². The van der Waals surface area contributed by atoms with E-state index in [2.05, 4.69) is 21.2 Å². The minimum atomic E-state index is -0.892. The Labute approximate surface area is 121 Å². The highest BCUT2D eigenvalue weighted by atomic mass is 79.9. The highest BCUT2D eigenvalue weighted by molar-refractivity contribution is 9.10. The van der Waals surface area contributed by atoms with E-state index < -0.39 is 11.4 Å². The number of aliphatic carboxylic acids is 1. The number of amides is 1. The van der Waals surface area contributed by atoms with Gasteiger partial charge in [-0.2, -0.15) is 0 Å². The summed E-state index contributed by atoms with van der Waals surface area (Å²) in [5.41, 5.74) is 1.13. The number of hydrogen-bond acceptors (Lipinski definition) is 2. The largest absolute Gasteiger partial charge is 0.481 e. The van der Waals surface area contributed by atoms with Crippen LogP contribution in [0.3, 0.4) is 0 Å². The molecule has 0 atom stereocenters. The minimum absolute atomic E-state index is 0.0299. The number of rotatable bonds is 5. The number of carbonyl (C=O) groups excluding carboxylic acids is 1. The molecular weight excluding hydrogens is 310 g/mol. The maximum Gasteiger partial charge on any atom is 0.303 e. The SMILES string of the molecule is Cc1c(Br)cccc1NC(=O)CC(C)(C)CC(=O)O. The number of hydrogen-bond donors (Lipinski definition) is 2. The van der Waals surface area contributed by atoms with Crippen LogP contribution in [-0.4, -0.2) is 17.0 Å². The molecule has 0 saturated carbocycles. The molecule has 0 bridgehead atoms. The predicted molar refractivity (Wildman–Crippen MR) is 78.2 cm³/mol. The standard InChI is InChI=1S/C14H18BrNO3/c1-9-10(15)5-4-6-11(9)16-12(17)7-14(2,3)8-13(18)19/h4-6H,7-8H2,1-3H3,(H,16,17)(H,18,19). The molecule has 0 spiro atoms. The first-order chi connectivity index (χ1) is 8.71. The average Bonchev–Trinajstić information content (AvgIpc) is 2.21. The van der Waals surface area contributed by atoms with Gasteiger partial charge in [-0.15, -0.1) is 0 Å². The van der Waals surface area contributed by atoms with Crippen molar-refractivity contribution in [3.8, 4) is 0 Å². The van der Waals surface area contributed by atoms with Gasteiger partial charge in [-0.3, -0.25) is 9.59 Å². The Bertz CT molecular complexity index is 497. The smallest absolute Gasteiger partial charge is 0.303 e. The summed E-state index contributed by atoms with van der Waals surface area (Å²) < 4.78 is 0.926. The maximum atomic E-state index is 12.0. The van der Waals surface area contributed by atoms with Crippen LogP contribution in [0.25, 0.3) is 0 Å². The van der Waals surface area contributed by atoms with Crippen LogP contribution in [0.15, 0.2) is 22.7 Å². The van der Waals surface area contributed by atoms with Gasteiger partial charge in [0.25, 0.3) is 0 Å². The topological polar surface area (TPSA) is 66.4 Å². The zero-order chi connectivity index (χ0) is 14.6. The van der Waals surface area contributed by atoms with Gasteiger partial charge in [-0.1, -0.05) is 35.8 Å². The van der Waals surface area contributed by atoms with Gasteiger partial charge in [0.2, 0.25) is 5.91 Å². The third kappa shape index (κ3) is 5.03. The van der Waals surface area contributed by atoms with E-state index in [1.165, 1.54) is 0 Å². The van der Waals surface area contributed by atoms with Crippen LogP contribution >= 0.6 is 15.9 Å². The van der Waals surface area contributed by atoms with Crippen molar-refractivity contribution >= 4 is 33.5 Å². The van der Waals surface area contributed by atoms with E-state index in [0.29, 0.717) is 0 Å². The van der Waals surface area contributed by atoms with Gasteiger partial charge < -0.3 is 10.4 Å². The number of nitrogens with one attached hydrogen (secondary N) is 1. The second-order valence-electron chi connectivity index (χ2n) is 5.37. The lowest BCUT2D eigenvalue weighted by Crippen LogP contribution is -2.25.